The van der Waals surface area contributed by atoms with E-state index in [0.717, 1.165) is 33.9 Å². The van der Waals surface area contributed by atoms with Gasteiger partial charge in [0.25, 0.3) is 0 Å². The van der Waals surface area contributed by atoms with Crippen molar-refractivity contribution in [3.63, 3.8) is 0 Å². The van der Waals surface area contributed by atoms with E-state index >= 15 is 0 Å². The maximum atomic E-state index is 6.17. The van der Waals surface area contributed by atoms with Crippen LogP contribution in [0.1, 0.15) is 12.0 Å². The first-order valence-corrected chi connectivity index (χ1v) is 8.76. The van der Waals surface area contributed by atoms with E-state index < -0.39 is 0 Å². The SMILES string of the molecule is NCCCOCc1ccc2c(N)ncc(-c3ccc(Cl)c(Cl)c3)c2c1. The Morgan fingerprint density at radius 3 is 2.60 bits per heavy atom. The molecule has 0 aliphatic rings. The maximum Gasteiger partial charge on any atom is 0.131 e. The fraction of sp³-hybridized carbons (Fsp3) is 0.211. The van der Waals surface area contributed by atoms with Crippen LogP contribution in [-0.4, -0.2) is 18.1 Å². The molecule has 0 unspecified atom stereocenters. The van der Waals surface area contributed by atoms with Gasteiger partial charge in [-0.25, -0.2) is 4.98 Å². The van der Waals surface area contributed by atoms with Crippen molar-refractivity contribution < 1.29 is 4.74 Å². The number of anilines is 1. The molecule has 3 rings (SSSR count). The van der Waals surface area contributed by atoms with Crippen LogP contribution in [-0.2, 0) is 11.3 Å². The van der Waals surface area contributed by atoms with Crippen LogP contribution >= 0.6 is 23.2 Å². The normalized spacial score (nSPS) is 11.2. The number of ether oxygens (including phenoxy) is 1. The predicted molar refractivity (Wildman–Crippen MR) is 105 cm³/mol. The second-order valence-corrected chi connectivity index (χ2v) is 6.58. The second-order valence-electron chi connectivity index (χ2n) is 5.76. The summed E-state index contributed by atoms with van der Waals surface area (Å²) >= 11 is 12.2. The molecule has 3 aromatic rings. The van der Waals surface area contributed by atoms with Gasteiger partial charge in [0.15, 0.2) is 0 Å². The molecule has 0 saturated carbocycles. The number of hydrogen-bond acceptors (Lipinski definition) is 4. The van der Waals surface area contributed by atoms with Crippen LogP contribution in [0.5, 0.6) is 0 Å². The molecule has 130 valence electrons. The quantitative estimate of drug-likeness (QED) is 0.614. The number of halogens is 2. The third-order valence-corrected chi connectivity index (χ3v) is 4.71. The van der Waals surface area contributed by atoms with E-state index in [1.165, 1.54) is 0 Å². The predicted octanol–water partition coefficient (Wildman–Crippen LogP) is 4.66. The molecule has 0 atom stereocenters. The number of rotatable bonds is 6. The molecule has 4 nitrogen and oxygen atoms in total. The minimum absolute atomic E-state index is 0.495. The molecule has 1 aromatic heterocycles. The fourth-order valence-electron chi connectivity index (χ4n) is 2.67. The largest absolute Gasteiger partial charge is 0.383 e. The number of hydrogen-bond donors (Lipinski definition) is 2. The first kappa shape index (κ1) is 18.0. The van der Waals surface area contributed by atoms with Gasteiger partial charge < -0.3 is 16.2 Å². The molecule has 0 radical (unpaired) electrons. The van der Waals surface area contributed by atoms with Gasteiger partial charge in [0, 0.05) is 23.8 Å². The molecule has 0 bridgehead atoms. The molecule has 6 heteroatoms. The van der Waals surface area contributed by atoms with E-state index in [1.807, 2.05) is 24.3 Å². The van der Waals surface area contributed by atoms with Crippen LogP contribution in [0.2, 0.25) is 10.0 Å². The number of pyridine rings is 1. The monoisotopic (exact) mass is 375 g/mol. The molecular formula is C19H19Cl2N3O. The van der Waals surface area contributed by atoms with Crippen molar-refractivity contribution in [3.8, 4) is 11.1 Å². The van der Waals surface area contributed by atoms with Crippen LogP contribution in [0.15, 0.2) is 42.6 Å². The second kappa shape index (κ2) is 8.02. The molecule has 0 saturated heterocycles. The van der Waals surface area contributed by atoms with Crippen LogP contribution in [0.25, 0.3) is 21.9 Å². The summed E-state index contributed by atoms with van der Waals surface area (Å²) in [6.45, 7) is 1.80. The molecule has 0 fully saturated rings. The third-order valence-electron chi connectivity index (χ3n) is 3.97. The Balaban J connectivity index is 2.02. The van der Waals surface area contributed by atoms with E-state index in [9.17, 15) is 0 Å². The smallest absolute Gasteiger partial charge is 0.131 e. The lowest BCUT2D eigenvalue weighted by Gasteiger charge is -2.11. The topological polar surface area (TPSA) is 74.2 Å². The highest BCUT2D eigenvalue weighted by molar-refractivity contribution is 6.42. The Morgan fingerprint density at radius 2 is 1.84 bits per heavy atom. The summed E-state index contributed by atoms with van der Waals surface area (Å²) in [7, 11) is 0. The minimum Gasteiger partial charge on any atom is -0.383 e. The lowest BCUT2D eigenvalue weighted by Crippen LogP contribution is -2.04. The highest BCUT2D eigenvalue weighted by atomic mass is 35.5. The molecule has 2 aromatic carbocycles. The molecule has 4 N–H and O–H groups in total. The highest BCUT2D eigenvalue weighted by Crippen LogP contribution is 2.34. The van der Waals surface area contributed by atoms with Gasteiger partial charge in [0.05, 0.1) is 16.7 Å². The molecule has 0 spiro atoms. The van der Waals surface area contributed by atoms with Gasteiger partial charge in [-0.05, 0) is 47.7 Å². The van der Waals surface area contributed by atoms with Gasteiger partial charge in [0.1, 0.15) is 5.82 Å². The van der Waals surface area contributed by atoms with Gasteiger partial charge in [-0.15, -0.1) is 0 Å². The first-order chi connectivity index (χ1) is 12.1. The van der Waals surface area contributed by atoms with E-state index in [-0.39, 0.29) is 0 Å². The average Bonchev–Trinajstić information content (AvgIpc) is 2.61. The molecule has 1 heterocycles. The van der Waals surface area contributed by atoms with Gasteiger partial charge in [-0.1, -0.05) is 41.4 Å². The van der Waals surface area contributed by atoms with Crippen molar-refractivity contribution in [2.75, 3.05) is 18.9 Å². The van der Waals surface area contributed by atoms with Crippen molar-refractivity contribution in [2.45, 2.75) is 13.0 Å². The van der Waals surface area contributed by atoms with E-state index in [0.29, 0.717) is 35.6 Å². The summed E-state index contributed by atoms with van der Waals surface area (Å²) in [4.78, 5) is 4.31. The third kappa shape index (κ3) is 4.05. The van der Waals surface area contributed by atoms with Crippen LogP contribution < -0.4 is 11.5 Å². The lowest BCUT2D eigenvalue weighted by molar-refractivity contribution is 0.120. The Kier molecular flexibility index (Phi) is 5.76. The van der Waals surface area contributed by atoms with Gasteiger partial charge in [-0.2, -0.15) is 0 Å². The summed E-state index contributed by atoms with van der Waals surface area (Å²) in [5, 5.41) is 2.93. The first-order valence-electron chi connectivity index (χ1n) is 8.00. The van der Waals surface area contributed by atoms with E-state index in [1.54, 1.807) is 12.3 Å². The van der Waals surface area contributed by atoms with Crippen molar-refractivity contribution >= 4 is 39.8 Å². The maximum absolute atomic E-state index is 6.17. The summed E-state index contributed by atoms with van der Waals surface area (Å²) < 4.78 is 5.65. The molecule has 0 aliphatic carbocycles. The Morgan fingerprint density at radius 1 is 1.00 bits per heavy atom. The Bertz CT molecular complexity index is 899. The van der Waals surface area contributed by atoms with E-state index in [2.05, 4.69) is 11.1 Å². The molecule has 0 amide bonds. The minimum atomic E-state index is 0.495. The number of nitrogens with two attached hydrogens (primary N) is 2. The van der Waals surface area contributed by atoms with Crippen molar-refractivity contribution in [1.82, 2.24) is 4.98 Å². The number of fused-ring (bicyclic) bond motifs is 1. The Hall–Kier alpha value is -1.85. The molecular weight excluding hydrogens is 357 g/mol. The fourth-order valence-corrected chi connectivity index (χ4v) is 2.97. The number of aromatic nitrogens is 1. The highest BCUT2D eigenvalue weighted by Gasteiger charge is 2.10. The number of benzene rings is 2. The summed E-state index contributed by atoms with van der Waals surface area (Å²) in [6.07, 6.45) is 2.61. The van der Waals surface area contributed by atoms with Crippen molar-refractivity contribution in [2.24, 2.45) is 5.73 Å². The lowest BCUT2D eigenvalue weighted by atomic mass is 9.99. The van der Waals surface area contributed by atoms with Gasteiger partial charge >= 0.3 is 0 Å². The van der Waals surface area contributed by atoms with Gasteiger partial charge in [0.2, 0.25) is 0 Å². The summed E-state index contributed by atoms with van der Waals surface area (Å²) in [6, 6.07) is 11.6. The number of nitrogen functional groups attached to an aromatic ring is 1. The Labute approximate surface area is 156 Å². The van der Waals surface area contributed by atoms with Crippen molar-refractivity contribution in [1.29, 1.82) is 0 Å². The van der Waals surface area contributed by atoms with Crippen LogP contribution in [0, 0.1) is 0 Å². The average molecular weight is 376 g/mol. The zero-order valence-corrected chi connectivity index (χ0v) is 15.1. The van der Waals surface area contributed by atoms with Crippen LogP contribution in [0.3, 0.4) is 0 Å². The molecule has 0 aliphatic heterocycles. The summed E-state index contributed by atoms with van der Waals surface area (Å²) in [5.41, 5.74) is 14.5. The standard InChI is InChI=1S/C19H19Cl2N3O/c20-17-5-3-13(9-18(17)21)16-10-24-19(23)14-4-2-12(8-15(14)16)11-25-7-1-6-22/h2-5,8-10H,1,6-7,11,22H2,(H2,23,24). The zero-order valence-electron chi connectivity index (χ0n) is 13.6. The van der Waals surface area contributed by atoms with Crippen LogP contribution in [0.4, 0.5) is 5.82 Å². The van der Waals surface area contributed by atoms with E-state index in [4.69, 9.17) is 39.4 Å². The molecule has 25 heavy (non-hydrogen) atoms. The number of nitrogens with zero attached hydrogens (tertiary/aromatic N) is 1. The zero-order chi connectivity index (χ0) is 17.8. The van der Waals surface area contributed by atoms with Crippen molar-refractivity contribution in [3.05, 3.63) is 58.2 Å². The summed E-state index contributed by atoms with van der Waals surface area (Å²) in [5.74, 6) is 0.495. The van der Waals surface area contributed by atoms with Gasteiger partial charge in [-0.3, -0.25) is 0 Å².